The zero-order valence-corrected chi connectivity index (χ0v) is 10.9. The highest BCUT2D eigenvalue weighted by atomic mass is 32.2. The van der Waals surface area contributed by atoms with E-state index in [1.807, 2.05) is 12.3 Å². The Morgan fingerprint density at radius 1 is 1.61 bits per heavy atom. The number of amides is 1. The Bertz CT molecular complexity index is 618. The molecule has 2 aliphatic rings. The summed E-state index contributed by atoms with van der Waals surface area (Å²) in [6.45, 7) is 1.90. The number of nitrogens with zero attached hydrogens (tertiary/aromatic N) is 2. The Morgan fingerprint density at radius 3 is 3.00 bits per heavy atom. The third-order valence-electron chi connectivity index (χ3n) is 2.69. The molecule has 1 fully saturated rings. The van der Waals surface area contributed by atoms with Crippen molar-refractivity contribution in [2.75, 3.05) is 0 Å². The lowest BCUT2D eigenvalue weighted by Crippen LogP contribution is -2.51. The summed E-state index contributed by atoms with van der Waals surface area (Å²) in [4.78, 5) is 28.4. The molecule has 1 aromatic rings. The summed E-state index contributed by atoms with van der Waals surface area (Å²) < 4.78 is 0. The highest BCUT2D eigenvalue weighted by Gasteiger charge is 2.49. The number of hydrogen-bond acceptors (Lipinski definition) is 5. The first-order chi connectivity index (χ1) is 8.58. The minimum Gasteiger partial charge on any atom is -0.477 e. The zero-order chi connectivity index (χ0) is 12.9. The molecular weight excluding hydrogens is 272 g/mol. The first-order valence-electron chi connectivity index (χ1n) is 5.14. The van der Waals surface area contributed by atoms with Crippen molar-refractivity contribution in [2.45, 2.75) is 12.3 Å². The number of thioether (sulfide) groups is 1. The third kappa shape index (κ3) is 1.58. The van der Waals surface area contributed by atoms with Crippen LogP contribution in [0.15, 0.2) is 22.1 Å². The van der Waals surface area contributed by atoms with Crippen molar-refractivity contribution < 1.29 is 14.7 Å². The number of carbonyl (C=O) groups excluding carboxylic acids is 1. The molecule has 3 heterocycles. The quantitative estimate of drug-likeness (QED) is 0.659. The molecular formula is C11H8N2O3S2. The molecule has 18 heavy (non-hydrogen) atoms. The first kappa shape index (κ1) is 11.5. The van der Waals surface area contributed by atoms with E-state index in [2.05, 4.69) is 4.98 Å². The summed E-state index contributed by atoms with van der Waals surface area (Å²) in [5.41, 5.74) is 1.42. The molecule has 0 aromatic carbocycles. The van der Waals surface area contributed by atoms with Crippen molar-refractivity contribution in [3.05, 3.63) is 32.8 Å². The summed E-state index contributed by atoms with van der Waals surface area (Å²) >= 11 is 2.85. The molecule has 0 aliphatic carbocycles. The average molecular weight is 280 g/mol. The van der Waals surface area contributed by atoms with Crippen molar-refractivity contribution in [2.24, 2.45) is 0 Å². The van der Waals surface area contributed by atoms with Gasteiger partial charge in [-0.05, 0) is 13.0 Å². The highest BCUT2D eigenvalue weighted by Crippen LogP contribution is 2.45. The van der Waals surface area contributed by atoms with Crippen LogP contribution in [0, 0.1) is 6.92 Å². The van der Waals surface area contributed by atoms with Crippen LogP contribution in [0.1, 0.15) is 10.7 Å². The fourth-order valence-electron chi connectivity index (χ4n) is 1.87. The Labute approximate surface area is 111 Å². The fraction of sp³-hybridized carbons (Fsp3) is 0.182. The van der Waals surface area contributed by atoms with Crippen LogP contribution in [-0.4, -0.2) is 32.2 Å². The van der Waals surface area contributed by atoms with E-state index in [4.69, 9.17) is 5.11 Å². The van der Waals surface area contributed by atoms with Gasteiger partial charge in [-0.15, -0.1) is 23.1 Å². The van der Waals surface area contributed by atoms with E-state index in [1.54, 1.807) is 6.08 Å². The molecule has 92 valence electrons. The maximum absolute atomic E-state index is 11.9. The third-order valence-corrected chi connectivity index (χ3v) is 4.57. The van der Waals surface area contributed by atoms with E-state index in [1.165, 1.54) is 33.4 Å². The normalized spacial score (nSPS) is 23.9. The number of fused-ring (bicyclic) bond motifs is 1. The molecule has 7 heteroatoms. The van der Waals surface area contributed by atoms with Crippen LogP contribution in [0.4, 0.5) is 0 Å². The number of aromatic nitrogens is 1. The summed E-state index contributed by atoms with van der Waals surface area (Å²) in [5, 5.41) is 13.1. The molecule has 5 nitrogen and oxygen atoms in total. The van der Waals surface area contributed by atoms with Gasteiger partial charge in [-0.1, -0.05) is 0 Å². The van der Waals surface area contributed by atoms with Crippen LogP contribution in [-0.2, 0) is 9.59 Å². The van der Waals surface area contributed by atoms with E-state index in [-0.39, 0.29) is 17.0 Å². The molecule has 2 aliphatic heterocycles. The minimum absolute atomic E-state index is 0.0570. The number of rotatable bonds is 2. The van der Waals surface area contributed by atoms with Crippen LogP contribution in [0.5, 0.6) is 0 Å². The van der Waals surface area contributed by atoms with Crippen LogP contribution < -0.4 is 0 Å². The second-order valence-electron chi connectivity index (χ2n) is 3.86. The maximum atomic E-state index is 11.9. The Hall–Kier alpha value is -1.60. The average Bonchev–Trinajstić information content (AvgIpc) is 2.89. The van der Waals surface area contributed by atoms with Gasteiger partial charge in [-0.3, -0.25) is 9.69 Å². The van der Waals surface area contributed by atoms with Gasteiger partial charge in [-0.2, -0.15) is 0 Å². The van der Waals surface area contributed by atoms with E-state index in [0.29, 0.717) is 5.57 Å². The molecule has 1 saturated heterocycles. The molecule has 0 bridgehead atoms. The van der Waals surface area contributed by atoms with Gasteiger partial charge in [0.1, 0.15) is 11.1 Å². The Morgan fingerprint density at radius 2 is 2.39 bits per heavy atom. The maximum Gasteiger partial charge on any atom is 0.353 e. The minimum atomic E-state index is -1.07. The van der Waals surface area contributed by atoms with Gasteiger partial charge in [0.2, 0.25) is 0 Å². The SMILES string of the molecule is Cc1nc(/C=C2/C(=O)N3C(C(=O)O)=CS[C@@H]23)cs1. The number of aliphatic carboxylic acids is 1. The van der Waals surface area contributed by atoms with Crippen molar-refractivity contribution in [1.29, 1.82) is 0 Å². The van der Waals surface area contributed by atoms with Crippen LogP contribution in [0.2, 0.25) is 0 Å². The monoisotopic (exact) mass is 280 g/mol. The fourth-order valence-corrected chi connectivity index (χ4v) is 3.56. The van der Waals surface area contributed by atoms with Crippen LogP contribution in [0.3, 0.4) is 0 Å². The van der Waals surface area contributed by atoms with Crippen molar-refractivity contribution >= 4 is 41.1 Å². The lowest BCUT2D eigenvalue weighted by atomic mass is 10.0. The Kier molecular flexibility index (Phi) is 2.53. The molecule has 0 saturated carbocycles. The van der Waals surface area contributed by atoms with Crippen LogP contribution in [0.25, 0.3) is 6.08 Å². The summed E-state index contributed by atoms with van der Waals surface area (Å²) in [7, 11) is 0. The van der Waals surface area contributed by atoms with Gasteiger partial charge in [0.25, 0.3) is 5.91 Å². The number of carboxylic acid groups (broad SMARTS) is 1. The van der Waals surface area contributed by atoms with E-state index in [9.17, 15) is 9.59 Å². The summed E-state index contributed by atoms with van der Waals surface area (Å²) in [6, 6.07) is 0. The first-order valence-corrected chi connectivity index (χ1v) is 6.96. The second kappa shape index (κ2) is 3.96. The summed E-state index contributed by atoms with van der Waals surface area (Å²) in [6.07, 6.45) is 1.73. The van der Waals surface area contributed by atoms with Gasteiger partial charge >= 0.3 is 5.97 Å². The molecule has 1 amide bonds. The van der Waals surface area contributed by atoms with Crippen molar-refractivity contribution in [3.63, 3.8) is 0 Å². The predicted molar refractivity (Wildman–Crippen MR) is 68.8 cm³/mol. The smallest absolute Gasteiger partial charge is 0.353 e. The van der Waals surface area contributed by atoms with Gasteiger partial charge < -0.3 is 5.11 Å². The number of carbonyl (C=O) groups is 2. The lowest BCUT2D eigenvalue weighted by Gasteiger charge is -2.36. The molecule has 0 radical (unpaired) electrons. The lowest BCUT2D eigenvalue weighted by molar-refractivity contribution is -0.141. The van der Waals surface area contributed by atoms with E-state index in [0.717, 1.165) is 10.7 Å². The number of hydrogen-bond donors (Lipinski definition) is 1. The Balaban J connectivity index is 1.86. The molecule has 1 atom stereocenters. The van der Waals surface area contributed by atoms with E-state index >= 15 is 0 Å². The summed E-state index contributed by atoms with van der Waals surface area (Å²) in [5.74, 6) is -1.31. The number of β-lactam (4-membered cyclic amide) rings is 1. The van der Waals surface area contributed by atoms with Gasteiger partial charge in [0.05, 0.1) is 16.3 Å². The largest absolute Gasteiger partial charge is 0.477 e. The predicted octanol–water partition coefficient (Wildman–Crippen LogP) is 1.68. The molecule has 3 rings (SSSR count). The van der Waals surface area contributed by atoms with Crippen molar-refractivity contribution in [1.82, 2.24) is 9.88 Å². The number of carboxylic acids is 1. The van der Waals surface area contributed by atoms with E-state index < -0.39 is 5.97 Å². The number of aryl methyl sites for hydroxylation is 1. The van der Waals surface area contributed by atoms with Crippen molar-refractivity contribution in [3.8, 4) is 0 Å². The van der Waals surface area contributed by atoms with Gasteiger partial charge in [0, 0.05) is 10.8 Å². The van der Waals surface area contributed by atoms with Gasteiger partial charge in [-0.25, -0.2) is 9.78 Å². The highest BCUT2D eigenvalue weighted by molar-refractivity contribution is 8.03. The molecule has 0 spiro atoms. The molecule has 1 N–H and O–H groups in total. The zero-order valence-electron chi connectivity index (χ0n) is 9.28. The molecule has 1 aromatic heterocycles. The number of thiazole rings is 1. The topological polar surface area (TPSA) is 70.5 Å². The molecule has 0 unspecified atom stereocenters. The van der Waals surface area contributed by atoms with Crippen LogP contribution >= 0.6 is 23.1 Å². The second-order valence-corrected chi connectivity index (χ2v) is 5.88. The van der Waals surface area contributed by atoms with Gasteiger partial charge in [0.15, 0.2) is 0 Å². The standard InChI is InChI=1S/C11H8N2O3S2/c1-5-12-6(3-17-5)2-7-9(14)13-8(11(15)16)4-18-10(7)13/h2-4,10H,1H3,(H,15,16)/b7-2-/t10-/m0/s1.